The summed E-state index contributed by atoms with van der Waals surface area (Å²) in [6.07, 6.45) is 0.267. The third-order valence-electron chi connectivity index (χ3n) is 4.05. The van der Waals surface area contributed by atoms with Crippen LogP contribution in [0, 0.1) is 5.92 Å². The van der Waals surface area contributed by atoms with Gasteiger partial charge < -0.3 is 15.0 Å². The van der Waals surface area contributed by atoms with E-state index in [1.807, 2.05) is 39.0 Å². The molecule has 1 saturated heterocycles. The summed E-state index contributed by atoms with van der Waals surface area (Å²) in [5, 5.41) is 3.41. The predicted molar refractivity (Wildman–Crippen MR) is 94.4 cm³/mol. The van der Waals surface area contributed by atoms with E-state index < -0.39 is 0 Å². The van der Waals surface area contributed by atoms with Gasteiger partial charge in [-0.05, 0) is 39.0 Å². The van der Waals surface area contributed by atoms with Crippen molar-refractivity contribution < 1.29 is 14.3 Å². The number of benzene rings is 1. The highest BCUT2D eigenvalue weighted by molar-refractivity contribution is 7.22. The molecule has 1 aromatic carbocycles. The maximum Gasteiger partial charge on any atom is 0.231 e. The summed E-state index contributed by atoms with van der Waals surface area (Å²) in [5.41, 5.74) is 0.824. The molecule has 1 aliphatic rings. The fourth-order valence-electron chi connectivity index (χ4n) is 2.83. The molecule has 2 heterocycles. The van der Waals surface area contributed by atoms with Crippen molar-refractivity contribution in [2.75, 3.05) is 18.5 Å². The molecule has 1 fully saturated rings. The van der Waals surface area contributed by atoms with E-state index in [1.165, 1.54) is 11.3 Å². The fourth-order valence-corrected chi connectivity index (χ4v) is 3.73. The monoisotopic (exact) mass is 347 g/mol. The van der Waals surface area contributed by atoms with Crippen LogP contribution in [0.3, 0.4) is 0 Å². The van der Waals surface area contributed by atoms with Gasteiger partial charge in [-0.1, -0.05) is 11.3 Å². The van der Waals surface area contributed by atoms with Gasteiger partial charge in [0.2, 0.25) is 11.8 Å². The molecular formula is C17H21N3O3S. The van der Waals surface area contributed by atoms with Crippen LogP contribution in [0.5, 0.6) is 5.75 Å². The molecule has 0 unspecified atom stereocenters. The topological polar surface area (TPSA) is 71.5 Å². The highest BCUT2D eigenvalue weighted by atomic mass is 32.1. The third-order valence-corrected chi connectivity index (χ3v) is 4.99. The maximum atomic E-state index is 12.4. The molecule has 2 aromatic rings. The lowest BCUT2D eigenvalue weighted by atomic mass is 10.1. The number of carbonyl (C=O) groups is 2. The standard InChI is InChI=1S/C17H21N3O3S/c1-4-23-12-5-6-13-14(8-12)24-17(18-13)19-16(22)11-7-15(21)20(9-11)10(2)3/h5-6,8,10-11H,4,7,9H2,1-3H3,(H,18,19,22)/t11-/m1/s1. The molecule has 1 aliphatic heterocycles. The van der Waals surface area contributed by atoms with E-state index >= 15 is 0 Å². The molecule has 7 heteroatoms. The molecule has 3 rings (SSSR count). The molecule has 0 aliphatic carbocycles. The molecule has 1 atom stereocenters. The number of hydrogen-bond acceptors (Lipinski definition) is 5. The summed E-state index contributed by atoms with van der Waals surface area (Å²) < 4.78 is 6.44. The smallest absolute Gasteiger partial charge is 0.231 e. The van der Waals surface area contributed by atoms with Gasteiger partial charge in [-0.2, -0.15) is 0 Å². The summed E-state index contributed by atoms with van der Waals surface area (Å²) in [6.45, 7) is 6.94. The molecule has 6 nitrogen and oxygen atoms in total. The number of nitrogens with one attached hydrogen (secondary N) is 1. The van der Waals surface area contributed by atoms with Crippen LogP contribution < -0.4 is 10.1 Å². The number of carbonyl (C=O) groups excluding carboxylic acids is 2. The van der Waals surface area contributed by atoms with Gasteiger partial charge in [0, 0.05) is 19.0 Å². The number of amides is 2. The Balaban J connectivity index is 1.70. The fraction of sp³-hybridized carbons (Fsp3) is 0.471. The van der Waals surface area contributed by atoms with Crippen molar-refractivity contribution in [3.8, 4) is 5.75 Å². The zero-order valence-corrected chi connectivity index (χ0v) is 14.9. The van der Waals surface area contributed by atoms with Gasteiger partial charge in [-0.25, -0.2) is 4.98 Å². The van der Waals surface area contributed by atoms with E-state index in [4.69, 9.17) is 4.74 Å². The van der Waals surface area contributed by atoms with Crippen LogP contribution in [0.1, 0.15) is 27.2 Å². The lowest BCUT2D eigenvalue weighted by Crippen LogP contribution is -2.33. The molecule has 0 saturated carbocycles. The Morgan fingerprint density at radius 1 is 1.50 bits per heavy atom. The molecule has 128 valence electrons. The maximum absolute atomic E-state index is 12.4. The van der Waals surface area contributed by atoms with Gasteiger partial charge in [0.1, 0.15) is 5.75 Å². The molecular weight excluding hydrogens is 326 g/mol. The van der Waals surface area contributed by atoms with E-state index in [0.717, 1.165) is 16.0 Å². The number of fused-ring (bicyclic) bond motifs is 1. The van der Waals surface area contributed by atoms with Crippen molar-refractivity contribution in [3.63, 3.8) is 0 Å². The minimum atomic E-state index is -0.314. The lowest BCUT2D eigenvalue weighted by Gasteiger charge is -2.20. The van der Waals surface area contributed by atoms with E-state index in [1.54, 1.807) is 4.90 Å². The van der Waals surface area contributed by atoms with Crippen LogP contribution in [0.4, 0.5) is 5.13 Å². The Morgan fingerprint density at radius 3 is 2.96 bits per heavy atom. The van der Waals surface area contributed by atoms with Crippen LogP contribution in [-0.2, 0) is 9.59 Å². The van der Waals surface area contributed by atoms with Gasteiger partial charge in [-0.15, -0.1) is 0 Å². The third kappa shape index (κ3) is 3.36. The average molecular weight is 347 g/mol. The van der Waals surface area contributed by atoms with Crippen molar-refractivity contribution in [1.29, 1.82) is 0 Å². The second-order valence-electron chi connectivity index (χ2n) is 6.11. The van der Waals surface area contributed by atoms with Gasteiger partial charge in [0.15, 0.2) is 5.13 Å². The number of aromatic nitrogens is 1. The molecule has 1 N–H and O–H groups in total. The van der Waals surface area contributed by atoms with Gasteiger partial charge >= 0.3 is 0 Å². The first-order valence-electron chi connectivity index (χ1n) is 8.11. The summed E-state index contributed by atoms with van der Waals surface area (Å²) in [5.74, 6) is 0.373. The van der Waals surface area contributed by atoms with Crippen molar-refractivity contribution in [2.45, 2.75) is 33.2 Å². The number of rotatable bonds is 5. The Bertz CT molecular complexity index is 772. The Hall–Kier alpha value is -2.15. The average Bonchev–Trinajstić information content (AvgIpc) is 3.10. The quantitative estimate of drug-likeness (QED) is 0.903. The van der Waals surface area contributed by atoms with E-state index in [2.05, 4.69) is 10.3 Å². The van der Waals surface area contributed by atoms with Crippen molar-refractivity contribution in [2.24, 2.45) is 5.92 Å². The number of likely N-dealkylation sites (tertiary alicyclic amines) is 1. The second-order valence-corrected chi connectivity index (χ2v) is 7.14. The van der Waals surface area contributed by atoms with Gasteiger partial charge in [0.05, 0.1) is 22.7 Å². The van der Waals surface area contributed by atoms with Crippen molar-refractivity contribution in [1.82, 2.24) is 9.88 Å². The summed E-state index contributed by atoms with van der Waals surface area (Å²) in [6, 6.07) is 5.79. The first-order chi connectivity index (χ1) is 11.5. The van der Waals surface area contributed by atoms with Crippen LogP contribution >= 0.6 is 11.3 Å². The largest absolute Gasteiger partial charge is 0.494 e. The zero-order chi connectivity index (χ0) is 17.3. The van der Waals surface area contributed by atoms with Gasteiger partial charge in [-0.3, -0.25) is 9.59 Å². The number of hydrogen-bond donors (Lipinski definition) is 1. The number of thiazole rings is 1. The molecule has 24 heavy (non-hydrogen) atoms. The van der Waals surface area contributed by atoms with E-state index in [-0.39, 0.29) is 30.2 Å². The first-order valence-corrected chi connectivity index (χ1v) is 8.93. The van der Waals surface area contributed by atoms with Crippen LogP contribution in [0.25, 0.3) is 10.2 Å². The molecule has 0 bridgehead atoms. The lowest BCUT2D eigenvalue weighted by molar-refractivity contribution is -0.129. The minimum Gasteiger partial charge on any atom is -0.494 e. The van der Waals surface area contributed by atoms with Crippen LogP contribution in [0.2, 0.25) is 0 Å². The van der Waals surface area contributed by atoms with Gasteiger partial charge in [0.25, 0.3) is 0 Å². The number of anilines is 1. The first kappa shape index (κ1) is 16.7. The van der Waals surface area contributed by atoms with E-state index in [9.17, 15) is 9.59 Å². The minimum absolute atomic E-state index is 0.0378. The SMILES string of the molecule is CCOc1ccc2nc(NC(=O)[C@@H]3CC(=O)N(C(C)C)C3)sc2c1. The Morgan fingerprint density at radius 2 is 2.29 bits per heavy atom. The molecule has 2 amide bonds. The molecule has 0 spiro atoms. The summed E-state index contributed by atoms with van der Waals surface area (Å²) in [4.78, 5) is 30.5. The Kier molecular flexibility index (Phi) is 4.71. The summed E-state index contributed by atoms with van der Waals surface area (Å²) in [7, 11) is 0. The molecule has 0 radical (unpaired) electrons. The van der Waals surface area contributed by atoms with Crippen molar-refractivity contribution in [3.05, 3.63) is 18.2 Å². The second kappa shape index (κ2) is 6.76. The predicted octanol–water partition coefficient (Wildman–Crippen LogP) is 2.89. The molecule has 1 aromatic heterocycles. The van der Waals surface area contributed by atoms with Crippen molar-refractivity contribution >= 4 is 38.5 Å². The summed E-state index contributed by atoms with van der Waals surface area (Å²) >= 11 is 1.41. The number of nitrogens with zero attached hydrogens (tertiary/aromatic N) is 2. The van der Waals surface area contributed by atoms with E-state index in [0.29, 0.717) is 18.3 Å². The zero-order valence-electron chi connectivity index (χ0n) is 14.0. The van der Waals surface area contributed by atoms with Crippen LogP contribution in [0.15, 0.2) is 18.2 Å². The van der Waals surface area contributed by atoms with Crippen LogP contribution in [-0.4, -0.2) is 40.9 Å². The Labute approximate surface area is 144 Å². The normalized spacial score (nSPS) is 17.8. The highest BCUT2D eigenvalue weighted by Gasteiger charge is 2.35. The number of ether oxygens (including phenoxy) is 1. The highest BCUT2D eigenvalue weighted by Crippen LogP contribution is 2.30.